The summed E-state index contributed by atoms with van der Waals surface area (Å²) in [7, 11) is 1.57. The first-order chi connectivity index (χ1) is 12.7. The van der Waals surface area contributed by atoms with Crippen LogP contribution in [0.15, 0.2) is 48.5 Å². The fourth-order valence-corrected chi connectivity index (χ4v) is 2.80. The number of fused-ring (bicyclic) bond motifs is 1. The normalized spacial score (nSPS) is 12.7. The van der Waals surface area contributed by atoms with Crippen molar-refractivity contribution in [1.82, 2.24) is 9.78 Å². The number of carboxylic acid groups (broad SMARTS) is 1. The minimum absolute atomic E-state index is 0.0695. The number of rotatable bonds is 4. The van der Waals surface area contributed by atoms with Gasteiger partial charge in [0.2, 0.25) is 0 Å². The maximum absolute atomic E-state index is 11.7. The van der Waals surface area contributed by atoms with Crippen molar-refractivity contribution in [3.05, 3.63) is 54.2 Å². The number of hydrogen-bond acceptors (Lipinski definition) is 5. The number of carbonyl (C=O) groups is 1. The quantitative estimate of drug-likeness (QED) is 0.777. The molecule has 0 spiro atoms. The fraction of sp³-hybridized carbons (Fsp3) is 0.158. The van der Waals surface area contributed by atoms with Crippen LogP contribution in [0.5, 0.6) is 17.2 Å². The van der Waals surface area contributed by atoms with Crippen molar-refractivity contribution >= 4 is 5.97 Å². The van der Waals surface area contributed by atoms with E-state index < -0.39 is 5.97 Å². The molecule has 0 aliphatic carbocycles. The predicted molar refractivity (Wildman–Crippen MR) is 93.5 cm³/mol. The highest BCUT2D eigenvalue weighted by Gasteiger charge is 2.19. The zero-order chi connectivity index (χ0) is 18.1. The summed E-state index contributed by atoms with van der Waals surface area (Å²) in [6.07, 6.45) is 0. The van der Waals surface area contributed by atoms with Crippen LogP contribution in [0.25, 0.3) is 16.9 Å². The van der Waals surface area contributed by atoms with E-state index in [2.05, 4.69) is 5.10 Å². The summed E-state index contributed by atoms with van der Waals surface area (Å²) in [5.74, 6) is 0.930. The van der Waals surface area contributed by atoms with E-state index in [9.17, 15) is 9.90 Å². The Hall–Kier alpha value is -3.48. The van der Waals surface area contributed by atoms with Crippen LogP contribution < -0.4 is 14.2 Å². The summed E-state index contributed by atoms with van der Waals surface area (Å²) in [5, 5.41) is 14.0. The van der Waals surface area contributed by atoms with Gasteiger partial charge in [-0.05, 0) is 48.5 Å². The average Bonchev–Trinajstić information content (AvgIpc) is 3.13. The Morgan fingerprint density at radius 3 is 2.50 bits per heavy atom. The van der Waals surface area contributed by atoms with E-state index in [-0.39, 0.29) is 5.69 Å². The van der Waals surface area contributed by atoms with Gasteiger partial charge < -0.3 is 19.3 Å². The third-order valence-corrected chi connectivity index (χ3v) is 4.08. The van der Waals surface area contributed by atoms with Gasteiger partial charge in [0.1, 0.15) is 19.0 Å². The van der Waals surface area contributed by atoms with Crippen LogP contribution in [-0.4, -0.2) is 41.2 Å². The molecule has 0 amide bonds. The predicted octanol–water partition coefficient (Wildman–Crippen LogP) is 3.02. The number of benzene rings is 2. The molecule has 0 atom stereocenters. The van der Waals surface area contributed by atoms with Gasteiger partial charge in [0.15, 0.2) is 17.2 Å². The Bertz CT molecular complexity index is 963. The Labute approximate surface area is 149 Å². The summed E-state index contributed by atoms with van der Waals surface area (Å²) in [5.41, 5.74) is 1.99. The van der Waals surface area contributed by atoms with Crippen LogP contribution in [0.4, 0.5) is 0 Å². The van der Waals surface area contributed by atoms with Crippen molar-refractivity contribution in [2.24, 2.45) is 0 Å². The molecule has 0 saturated carbocycles. The number of aromatic carboxylic acids is 1. The zero-order valence-electron chi connectivity index (χ0n) is 14.0. The monoisotopic (exact) mass is 352 g/mol. The molecule has 3 aromatic rings. The maximum Gasteiger partial charge on any atom is 0.354 e. The molecule has 1 N–H and O–H groups in total. The Morgan fingerprint density at radius 2 is 1.81 bits per heavy atom. The number of methoxy groups -OCH3 is 1. The zero-order valence-corrected chi connectivity index (χ0v) is 14.0. The van der Waals surface area contributed by atoms with E-state index in [4.69, 9.17) is 14.2 Å². The molecule has 1 aliphatic heterocycles. The lowest BCUT2D eigenvalue weighted by Gasteiger charge is -2.18. The molecule has 7 nitrogen and oxygen atoms in total. The smallest absolute Gasteiger partial charge is 0.354 e. The molecule has 7 heteroatoms. The van der Waals surface area contributed by atoms with Gasteiger partial charge in [0.25, 0.3) is 0 Å². The molecule has 1 aliphatic rings. The van der Waals surface area contributed by atoms with Crippen molar-refractivity contribution in [2.75, 3.05) is 20.3 Å². The topological polar surface area (TPSA) is 82.8 Å². The van der Waals surface area contributed by atoms with Crippen molar-refractivity contribution in [1.29, 1.82) is 0 Å². The van der Waals surface area contributed by atoms with Crippen LogP contribution in [0.1, 0.15) is 10.5 Å². The van der Waals surface area contributed by atoms with Gasteiger partial charge in [-0.1, -0.05) is 0 Å². The molecule has 4 rings (SSSR count). The molecule has 2 aromatic carbocycles. The first-order valence-corrected chi connectivity index (χ1v) is 8.03. The lowest BCUT2D eigenvalue weighted by molar-refractivity contribution is 0.0687. The summed E-state index contributed by atoms with van der Waals surface area (Å²) < 4.78 is 17.6. The molecule has 0 saturated heterocycles. The maximum atomic E-state index is 11.7. The largest absolute Gasteiger partial charge is 0.497 e. The summed E-state index contributed by atoms with van der Waals surface area (Å²) in [6.45, 7) is 0.999. The highest BCUT2D eigenvalue weighted by Crippen LogP contribution is 2.34. The van der Waals surface area contributed by atoms with Crippen molar-refractivity contribution < 1.29 is 24.1 Å². The Balaban J connectivity index is 1.77. The SMILES string of the molecule is COc1ccc(-n2nc(-c3ccc4c(c3)OCCO4)cc2C(=O)O)cc1. The van der Waals surface area contributed by atoms with E-state index >= 15 is 0 Å². The van der Waals surface area contributed by atoms with Crippen LogP contribution in [-0.2, 0) is 0 Å². The molecule has 0 bridgehead atoms. The molecule has 0 fully saturated rings. The molecule has 132 valence electrons. The van der Waals surface area contributed by atoms with E-state index in [0.717, 1.165) is 5.56 Å². The number of nitrogens with zero attached hydrogens (tertiary/aromatic N) is 2. The minimum Gasteiger partial charge on any atom is -0.497 e. The number of hydrogen-bond donors (Lipinski definition) is 1. The summed E-state index contributed by atoms with van der Waals surface area (Å²) in [6, 6.07) is 14.0. The van der Waals surface area contributed by atoms with Crippen LogP contribution in [0.2, 0.25) is 0 Å². The lowest BCUT2D eigenvalue weighted by Crippen LogP contribution is -2.15. The number of ether oxygens (including phenoxy) is 3. The third kappa shape index (κ3) is 2.83. The van der Waals surface area contributed by atoms with Crippen molar-refractivity contribution in [2.45, 2.75) is 0 Å². The summed E-state index contributed by atoms with van der Waals surface area (Å²) >= 11 is 0. The first-order valence-electron chi connectivity index (χ1n) is 8.03. The fourth-order valence-electron chi connectivity index (χ4n) is 2.80. The highest BCUT2D eigenvalue weighted by atomic mass is 16.6. The van der Waals surface area contributed by atoms with Gasteiger partial charge in [0.05, 0.1) is 18.5 Å². The number of aromatic nitrogens is 2. The minimum atomic E-state index is -1.06. The molecule has 0 unspecified atom stereocenters. The van der Waals surface area contributed by atoms with Gasteiger partial charge in [0, 0.05) is 5.56 Å². The Morgan fingerprint density at radius 1 is 1.08 bits per heavy atom. The van der Waals surface area contributed by atoms with Gasteiger partial charge in [-0.3, -0.25) is 0 Å². The van der Waals surface area contributed by atoms with Gasteiger partial charge in [-0.15, -0.1) is 0 Å². The van der Waals surface area contributed by atoms with E-state index in [1.54, 1.807) is 43.5 Å². The van der Waals surface area contributed by atoms with E-state index in [1.807, 2.05) is 6.07 Å². The van der Waals surface area contributed by atoms with Crippen LogP contribution in [0, 0.1) is 0 Å². The summed E-state index contributed by atoms with van der Waals surface area (Å²) in [4.78, 5) is 11.7. The molecule has 2 heterocycles. The first kappa shape index (κ1) is 16.0. The van der Waals surface area contributed by atoms with Gasteiger partial charge in [-0.25, -0.2) is 9.48 Å². The van der Waals surface area contributed by atoms with Gasteiger partial charge >= 0.3 is 5.97 Å². The third-order valence-electron chi connectivity index (χ3n) is 4.08. The Kier molecular flexibility index (Phi) is 3.96. The van der Waals surface area contributed by atoms with Crippen molar-refractivity contribution in [3.8, 4) is 34.2 Å². The molecular formula is C19H16N2O5. The molecule has 1 aromatic heterocycles. The molecular weight excluding hydrogens is 336 g/mol. The van der Waals surface area contributed by atoms with Crippen molar-refractivity contribution in [3.63, 3.8) is 0 Å². The lowest BCUT2D eigenvalue weighted by atomic mass is 10.1. The standard InChI is InChI=1S/C19H16N2O5/c1-24-14-5-3-13(4-6-14)21-16(19(22)23)11-15(20-21)12-2-7-17-18(10-12)26-9-8-25-17/h2-7,10-11H,8-9H2,1H3,(H,22,23). The van der Waals surface area contributed by atoms with Crippen LogP contribution >= 0.6 is 0 Å². The second-order valence-electron chi connectivity index (χ2n) is 5.69. The van der Waals surface area contributed by atoms with Crippen LogP contribution in [0.3, 0.4) is 0 Å². The van der Waals surface area contributed by atoms with E-state index in [0.29, 0.717) is 41.8 Å². The average molecular weight is 352 g/mol. The van der Waals surface area contributed by atoms with Gasteiger partial charge in [-0.2, -0.15) is 5.10 Å². The second-order valence-corrected chi connectivity index (χ2v) is 5.69. The second kappa shape index (κ2) is 6.44. The molecule has 0 radical (unpaired) electrons. The number of carboxylic acids is 1. The van der Waals surface area contributed by atoms with E-state index in [1.165, 1.54) is 10.7 Å². The highest BCUT2D eigenvalue weighted by molar-refractivity contribution is 5.88. The molecule has 26 heavy (non-hydrogen) atoms.